The molecule has 0 spiro atoms. The lowest BCUT2D eigenvalue weighted by Crippen LogP contribution is -2.25. The molecule has 0 saturated carbocycles. The number of aromatic nitrogens is 2. The van der Waals surface area contributed by atoms with Gasteiger partial charge in [-0.05, 0) is 52.2 Å². The van der Waals surface area contributed by atoms with E-state index in [2.05, 4.69) is 63.0 Å². The van der Waals surface area contributed by atoms with Crippen LogP contribution in [0.25, 0.3) is 11.0 Å². The second kappa shape index (κ2) is 8.07. The Morgan fingerprint density at radius 2 is 1.67 bits per heavy atom. The van der Waals surface area contributed by atoms with Crippen LogP contribution in [0.3, 0.4) is 0 Å². The Hall–Kier alpha value is -2.92. The number of halogens is 1. The highest BCUT2D eigenvalue weighted by molar-refractivity contribution is 9.10. The minimum Gasteiger partial charge on any atom is -0.327 e. The van der Waals surface area contributed by atoms with E-state index in [-0.39, 0.29) is 11.8 Å². The molecule has 1 aliphatic rings. The van der Waals surface area contributed by atoms with E-state index in [0.717, 1.165) is 40.0 Å². The van der Waals surface area contributed by atoms with Gasteiger partial charge in [0.25, 0.3) is 0 Å². The van der Waals surface area contributed by atoms with Crippen molar-refractivity contribution in [1.29, 1.82) is 0 Å². The maximum Gasteiger partial charge on any atom is 0.227 e. The molecule has 1 amide bonds. The van der Waals surface area contributed by atoms with Crippen LogP contribution in [-0.2, 0) is 17.8 Å². The summed E-state index contributed by atoms with van der Waals surface area (Å²) in [6, 6.07) is 26.7. The molecule has 1 fully saturated rings. The molecule has 1 atom stereocenters. The van der Waals surface area contributed by atoms with Gasteiger partial charge in [-0.1, -0.05) is 54.6 Å². The molecule has 30 heavy (non-hydrogen) atoms. The van der Waals surface area contributed by atoms with Crippen molar-refractivity contribution in [1.82, 2.24) is 9.55 Å². The van der Waals surface area contributed by atoms with Crippen molar-refractivity contribution in [2.45, 2.75) is 25.3 Å². The van der Waals surface area contributed by atoms with Crippen LogP contribution in [0.4, 0.5) is 5.69 Å². The van der Waals surface area contributed by atoms with Crippen molar-refractivity contribution in [3.63, 3.8) is 0 Å². The number of hydrogen-bond acceptors (Lipinski definition) is 2. The minimum absolute atomic E-state index is 0.0766. The van der Waals surface area contributed by atoms with Gasteiger partial charge in [0.05, 0.1) is 16.7 Å². The van der Waals surface area contributed by atoms with Gasteiger partial charge in [0.2, 0.25) is 5.91 Å². The van der Waals surface area contributed by atoms with Gasteiger partial charge < -0.3 is 9.47 Å². The molecule has 150 valence electrons. The molecule has 5 heteroatoms. The summed E-state index contributed by atoms with van der Waals surface area (Å²) in [5.74, 6) is 1.23. The fraction of sp³-hybridized carbons (Fsp3) is 0.200. The van der Waals surface area contributed by atoms with Crippen LogP contribution >= 0.6 is 15.9 Å². The predicted octanol–water partition coefficient (Wildman–Crippen LogP) is 5.56. The molecule has 0 unspecified atom stereocenters. The molecule has 2 heterocycles. The Morgan fingerprint density at radius 1 is 0.933 bits per heavy atom. The third kappa shape index (κ3) is 3.54. The highest BCUT2D eigenvalue weighted by atomic mass is 79.9. The normalized spacial score (nSPS) is 16.5. The van der Waals surface area contributed by atoms with E-state index >= 15 is 0 Å². The molecule has 5 rings (SSSR count). The Balaban J connectivity index is 1.48. The lowest BCUT2D eigenvalue weighted by atomic mass is 10.1. The molecule has 0 aliphatic carbocycles. The fourth-order valence-corrected chi connectivity index (χ4v) is 4.81. The van der Waals surface area contributed by atoms with E-state index in [1.54, 1.807) is 0 Å². The maximum atomic E-state index is 12.9. The van der Waals surface area contributed by atoms with Crippen molar-refractivity contribution >= 4 is 38.6 Å². The van der Waals surface area contributed by atoms with Crippen LogP contribution in [0.1, 0.15) is 23.7 Å². The van der Waals surface area contributed by atoms with E-state index in [4.69, 9.17) is 4.98 Å². The summed E-state index contributed by atoms with van der Waals surface area (Å²) in [6.07, 6.45) is 1.42. The number of carbonyl (C=O) groups excluding carboxylic acids is 1. The number of para-hydroxylation sites is 3. The monoisotopic (exact) mass is 459 g/mol. The number of fused-ring (bicyclic) bond motifs is 1. The van der Waals surface area contributed by atoms with Gasteiger partial charge in [-0.25, -0.2) is 4.98 Å². The zero-order valence-corrected chi connectivity index (χ0v) is 18.1. The van der Waals surface area contributed by atoms with Crippen LogP contribution in [0.2, 0.25) is 0 Å². The summed E-state index contributed by atoms with van der Waals surface area (Å²) >= 11 is 3.59. The second-order valence-corrected chi connectivity index (χ2v) is 8.56. The molecule has 1 aromatic heterocycles. The Bertz CT molecular complexity index is 1200. The number of rotatable bonds is 5. The number of anilines is 1. The average molecular weight is 460 g/mol. The number of carbonyl (C=O) groups is 1. The van der Waals surface area contributed by atoms with Gasteiger partial charge in [-0.3, -0.25) is 4.79 Å². The molecule has 4 aromatic rings. The number of aryl methyl sites for hydroxylation is 2. The molecule has 4 nitrogen and oxygen atoms in total. The molecule has 0 bridgehead atoms. The number of hydrogen-bond donors (Lipinski definition) is 0. The quantitative estimate of drug-likeness (QED) is 0.391. The van der Waals surface area contributed by atoms with Gasteiger partial charge in [-0.15, -0.1) is 0 Å². The first kappa shape index (κ1) is 19.1. The van der Waals surface area contributed by atoms with Crippen molar-refractivity contribution in [3.8, 4) is 0 Å². The highest BCUT2D eigenvalue weighted by Gasteiger charge is 2.35. The topological polar surface area (TPSA) is 38.1 Å². The molecule has 3 aromatic carbocycles. The van der Waals surface area contributed by atoms with Gasteiger partial charge >= 0.3 is 0 Å². The first-order chi connectivity index (χ1) is 14.7. The standard InChI is InChI=1S/C25H22BrN3O/c26-20-10-4-6-12-22(20)29-17-19(16-24(29)30)25-27-21-11-5-7-13-23(21)28(25)15-14-18-8-2-1-3-9-18/h1-13,19H,14-17H2/t19-/m0/s1. The summed E-state index contributed by atoms with van der Waals surface area (Å²) in [7, 11) is 0. The summed E-state index contributed by atoms with van der Waals surface area (Å²) in [5, 5.41) is 0. The third-order valence-electron chi connectivity index (χ3n) is 5.78. The van der Waals surface area contributed by atoms with Crippen molar-refractivity contribution in [3.05, 3.63) is 94.7 Å². The van der Waals surface area contributed by atoms with Crippen LogP contribution in [-0.4, -0.2) is 22.0 Å². The van der Waals surface area contributed by atoms with E-state index in [9.17, 15) is 4.79 Å². The first-order valence-electron chi connectivity index (χ1n) is 10.2. The van der Waals surface area contributed by atoms with E-state index in [0.29, 0.717) is 13.0 Å². The second-order valence-electron chi connectivity index (χ2n) is 7.70. The first-order valence-corrected chi connectivity index (χ1v) is 11.0. The fourth-order valence-electron chi connectivity index (χ4n) is 4.31. The Labute approximate surface area is 184 Å². The van der Waals surface area contributed by atoms with Crippen LogP contribution in [0.15, 0.2) is 83.3 Å². The number of imidazole rings is 1. The molecule has 0 N–H and O–H groups in total. The Morgan fingerprint density at radius 3 is 2.50 bits per heavy atom. The van der Waals surface area contributed by atoms with Crippen LogP contribution in [0.5, 0.6) is 0 Å². The minimum atomic E-state index is 0.0766. The highest BCUT2D eigenvalue weighted by Crippen LogP contribution is 2.36. The number of amides is 1. The molecule has 0 radical (unpaired) electrons. The van der Waals surface area contributed by atoms with E-state index in [1.807, 2.05) is 41.3 Å². The number of nitrogens with zero attached hydrogens (tertiary/aromatic N) is 3. The summed E-state index contributed by atoms with van der Waals surface area (Å²) < 4.78 is 3.25. The van der Waals surface area contributed by atoms with Crippen LogP contribution in [0, 0.1) is 0 Å². The van der Waals surface area contributed by atoms with Crippen LogP contribution < -0.4 is 4.90 Å². The molecular weight excluding hydrogens is 438 g/mol. The van der Waals surface area contributed by atoms with Gasteiger partial charge in [0.1, 0.15) is 5.82 Å². The van der Waals surface area contributed by atoms with E-state index < -0.39 is 0 Å². The van der Waals surface area contributed by atoms with Crippen molar-refractivity contribution in [2.75, 3.05) is 11.4 Å². The number of benzene rings is 3. The average Bonchev–Trinajstić information content (AvgIpc) is 3.34. The van der Waals surface area contributed by atoms with Gasteiger partial charge in [-0.2, -0.15) is 0 Å². The molecular formula is C25H22BrN3O. The predicted molar refractivity (Wildman–Crippen MR) is 124 cm³/mol. The largest absolute Gasteiger partial charge is 0.327 e. The van der Waals surface area contributed by atoms with Crippen molar-refractivity contribution < 1.29 is 4.79 Å². The summed E-state index contributed by atoms with van der Waals surface area (Å²) in [6.45, 7) is 1.50. The van der Waals surface area contributed by atoms with Crippen molar-refractivity contribution in [2.24, 2.45) is 0 Å². The summed E-state index contributed by atoms with van der Waals surface area (Å²) in [5.41, 5.74) is 4.36. The maximum absolute atomic E-state index is 12.9. The smallest absolute Gasteiger partial charge is 0.227 e. The van der Waals surface area contributed by atoms with Gasteiger partial charge in [0, 0.05) is 29.9 Å². The van der Waals surface area contributed by atoms with Gasteiger partial charge in [0.15, 0.2) is 0 Å². The zero-order valence-electron chi connectivity index (χ0n) is 16.5. The molecule has 1 saturated heterocycles. The summed E-state index contributed by atoms with van der Waals surface area (Å²) in [4.78, 5) is 19.7. The molecule has 1 aliphatic heterocycles. The Kier molecular flexibility index (Phi) is 5.13. The SMILES string of the molecule is O=C1C[C@H](c2nc3ccccc3n2CCc2ccccc2)CN1c1ccccc1Br. The lowest BCUT2D eigenvalue weighted by Gasteiger charge is -2.18. The third-order valence-corrected chi connectivity index (χ3v) is 6.45. The lowest BCUT2D eigenvalue weighted by molar-refractivity contribution is -0.117. The van der Waals surface area contributed by atoms with E-state index in [1.165, 1.54) is 5.56 Å². The zero-order chi connectivity index (χ0) is 20.5.